The Morgan fingerprint density at radius 1 is 0.932 bits per heavy atom. The number of carbonyl (C=O) groups is 4. The number of ether oxygens (including phenoxy) is 2. The van der Waals surface area contributed by atoms with Crippen LogP contribution in [0.4, 0.5) is 4.79 Å². The molecule has 2 heterocycles. The number of aromatic nitrogens is 1. The van der Waals surface area contributed by atoms with Gasteiger partial charge in [-0.15, -0.1) is 0 Å². The molecule has 1 aliphatic rings. The lowest BCUT2D eigenvalue weighted by Gasteiger charge is -2.37. The van der Waals surface area contributed by atoms with Gasteiger partial charge >= 0.3 is 12.1 Å². The van der Waals surface area contributed by atoms with Crippen LogP contribution in [-0.2, 0) is 20.7 Å². The average Bonchev–Trinajstić information content (AvgIpc) is 3.00. The van der Waals surface area contributed by atoms with E-state index in [9.17, 15) is 19.2 Å². The summed E-state index contributed by atoms with van der Waals surface area (Å²) in [6, 6.07) is 18.2. The van der Waals surface area contributed by atoms with E-state index in [2.05, 4.69) is 10.3 Å². The average molecular weight is 621 g/mol. The number of esters is 1. The van der Waals surface area contributed by atoms with Crippen LogP contribution in [0, 0.1) is 0 Å². The molecule has 11 heteroatoms. The van der Waals surface area contributed by atoms with Gasteiger partial charge in [-0.05, 0) is 57.5 Å². The molecule has 44 heavy (non-hydrogen) atoms. The van der Waals surface area contributed by atoms with Gasteiger partial charge in [0.25, 0.3) is 5.91 Å². The predicted molar refractivity (Wildman–Crippen MR) is 166 cm³/mol. The van der Waals surface area contributed by atoms with E-state index in [0.717, 1.165) is 11.1 Å². The molecule has 1 aromatic heterocycles. The Hall–Kier alpha value is -4.44. The van der Waals surface area contributed by atoms with Gasteiger partial charge in [-0.1, -0.05) is 54.1 Å². The van der Waals surface area contributed by atoms with Crippen LogP contribution in [0.1, 0.15) is 54.1 Å². The molecule has 3 amide bonds. The summed E-state index contributed by atoms with van der Waals surface area (Å²) in [6.45, 7) is 8.54. The highest BCUT2D eigenvalue weighted by molar-refractivity contribution is 6.31. The van der Waals surface area contributed by atoms with Gasteiger partial charge in [-0.2, -0.15) is 0 Å². The van der Waals surface area contributed by atoms with Gasteiger partial charge < -0.3 is 24.6 Å². The van der Waals surface area contributed by atoms with Crippen molar-refractivity contribution in [2.24, 2.45) is 0 Å². The van der Waals surface area contributed by atoms with E-state index < -0.39 is 29.6 Å². The highest BCUT2D eigenvalue weighted by Gasteiger charge is 2.32. The smallest absolute Gasteiger partial charge is 0.410 e. The zero-order valence-electron chi connectivity index (χ0n) is 25.3. The number of amides is 3. The third kappa shape index (κ3) is 8.79. The minimum Gasteiger partial charge on any atom is -0.462 e. The Balaban J connectivity index is 1.54. The second-order valence-corrected chi connectivity index (χ2v) is 11.8. The van der Waals surface area contributed by atoms with Gasteiger partial charge in [0.15, 0.2) is 0 Å². The number of rotatable bonds is 8. The lowest BCUT2D eigenvalue weighted by atomic mass is 10.0. The molecule has 0 bridgehead atoms. The largest absolute Gasteiger partial charge is 0.462 e. The molecule has 1 saturated heterocycles. The van der Waals surface area contributed by atoms with Crippen LogP contribution in [0.3, 0.4) is 0 Å². The van der Waals surface area contributed by atoms with Crippen LogP contribution in [0.15, 0.2) is 66.7 Å². The van der Waals surface area contributed by atoms with Gasteiger partial charge in [0.1, 0.15) is 17.3 Å². The fourth-order valence-electron chi connectivity index (χ4n) is 4.69. The molecule has 0 saturated carbocycles. The number of nitrogens with one attached hydrogen (secondary N) is 1. The van der Waals surface area contributed by atoms with E-state index in [0.29, 0.717) is 29.4 Å². The van der Waals surface area contributed by atoms with Gasteiger partial charge in [0.2, 0.25) is 5.91 Å². The molecule has 0 aliphatic carbocycles. The summed E-state index contributed by atoms with van der Waals surface area (Å²) < 4.78 is 10.5. The summed E-state index contributed by atoms with van der Waals surface area (Å²) in [4.78, 5) is 59.7. The van der Waals surface area contributed by atoms with Crippen molar-refractivity contribution in [2.75, 3.05) is 32.8 Å². The zero-order chi connectivity index (χ0) is 31.9. The van der Waals surface area contributed by atoms with Crippen molar-refractivity contribution < 1.29 is 28.7 Å². The molecule has 1 atom stereocenters. The molecule has 232 valence electrons. The zero-order valence-corrected chi connectivity index (χ0v) is 26.1. The Morgan fingerprint density at radius 2 is 1.57 bits per heavy atom. The minimum absolute atomic E-state index is 0.0709. The van der Waals surface area contributed by atoms with Crippen molar-refractivity contribution in [2.45, 2.75) is 45.8 Å². The standard InChI is InChI=1S/C33H37ClN4O6/c1-5-43-31(41)24-13-11-22(12-14-24)19-28(30(40)37-15-17-38(18-16-37)32(42)44-33(2,3)4)36-29(39)27-21-25(34)20-26(35-27)23-9-7-6-8-10-23/h6-14,20-21,28H,5,15-19H2,1-4H3,(H,36,39)/t28-/m0/s1. The van der Waals surface area contributed by atoms with Crippen LogP contribution in [0.5, 0.6) is 0 Å². The third-order valence-electron chi connectivity index (χ3n) is 6.84. The van der Waals surface area contributed by atoms with E-state index in [4.69, 9.17) is 21.1 Å². The van der Waals surface area contributed by atoms with Crippen molar-refractivity contribution in [3.05, 3.63) is 88.6 Å². The number of hydrogen-bond acceptors (Lipinski definition) is 7. The molecule has 0 spiro atoms. The van der Waals surface area contributed by atoms with E-state index in [1.54, 1.807) is 67.8 Å². The number of piperazine rings is 1. The molecule has 4 rings (SSSR count). The topological polar surface area (TPSA) is 118 Å². The van der Waals surface area contributed by atoms with Crippen LogP contribution in [0.2, 0.25) is 5.02 Å². The molecule has 10 nitrogen and oxygen atoms in total. The summed E-state index contributed by atoms with van der Waals surface area (Å²) in [7, 11) is 0. The first-order valence-electron chi connectivity index (χ1n) is 14.5. The van der Waals surface area contributed by atoms with E-state index in [1.165, 1.54) is 6.07 Å². The van der Waals surface area contributed by atoms with Gasteiger partial charge in [-0.25, -0.2) is 14.6 Å². The van der Waals surface area contributed by atoms with E-state index in [1.807, 2.05) is 30.3 Å². The molecule has 2 aromatic carbocycles. The number of halogens is 1. The minimum atomic E-state index is -0.954. The monoisotopic (exact) mass is 620 g/mol. The van der Waals surface area contributed by atoms with Gasteiger partial charge in [0, 0.05) is 43.2 Å². The maximum atomic E-state index is 13.8. The van der Waals surface area contributed by atoms with E-state index in [-0.39, 0.29) is 37.7 Å². The van der Waals surface area contributed by atoms with Crippen LogP contribution in [0.25, 0.3) is 11.3 Å². The summed E-state index contributed by atoms with van der Waals surface area (Å²) >= 11 is 6.36. The molecule has 3 aromatic rings. The van der Waals surface area contributed by atoms with Crippen LogP contribution < -0.4 is 5.32 Å². The maximum Gasteiger partial charge on any atom is 0.410 e. The SMILES string of the molecule is CCOC(=O)c1ccc(C[C@H](NC(=O)c2cc(Cl)cc(-c3ccccc3)n2)C(=O)N2CCN(C(=O)OC(C)(C)C)CC2)cc1. The fraction of sp³-hybridized carbons (Fsp3) is 0.364. The van der Waals surface area contributed by atoms with Crippen molar-refractivity contribution in [1.82, 2.24) is 20.1 Å². The quantitative estimate of drug-likeness (QED) is 0.352. The number of carbonyl (C=O) groups excluding carboxylic acids is 4. The fourth-order valence-corrected chi connectivity index (χ4v) is 4.89. The molecule has 1 N–H and O–H groups in total. The van der Waals surface area contributed by atoms with Crippen LogP contribution in [-0.4, -0.2) is 83.1 Å². The molecule has 1 aliphatic heterocycles. The van der Waals surface area contributed by atoms with Crippen LogP contribution >= 0.6 is 11.6 Å². The Labute approximate surface area is 262 Å². The normalized spacial score (nSPS) is 14.0. The second-order valence-electron chi connectivity index (χ2n) is 11.4. The Morgan fingerprint density at radius 3 is 2.18 bits per heavy atom. The first-order chi connectivity index (χ1) is 20.9. The summed E-state index contributed by atoms with van der Waals surface area (Å²) in [5, 5.41) is 3.19. The molecular weight excluding hydrogens is 584 g/mol. The highest BCUT2D eigenvalue weighted by Crippen LogP contribution is 2.22. The predicted octanol–water partition coefficient (Wildman–Crippen LogP) is 5.00. The first kappa shape index (κ1) is 32.5. The van der Waals surface area contributed by atoms with E-state index >= 15 is 0 Å². The number of benzene rings is 2. The summed E-state index contributed by atoms with van der Waals surface area (Å²) in [6.07, 6.45) is -0.274. The third-order valence-corrected chi connectivity index (χ3v) is 7.06. The molecule has 0 unspecified atom stereocenters. The number of hydrogen-bond donors (Lipinski definition) is 1. The van der Waals surface area contributed by atoms with Gasteiger partial charge in [0.05, 0.1) is 17.9 Å². The van der Waals surface area contributed by atoms with Crippen molar-refractivity contribution in [3.8, 4) is 11.3 Å². The Bertz CT molecular complexity index is 1480. The molecular formula is C33H37ClN4O6. The second kappa shape index (κ2) is 14.4. The highest BCUT2D eigenvalue weighted by atomic mass is 35.5. The van der Waals surface area contributed by atoms with Crippen molar-refractivity contribution in [3.63, 3.8) is 0 Å². The van der Waals surface area contributed by atoms with Crippen molar-refractivity contribution in [1.29, 1.82) is 0 Å². The Kier molecular flexibility index (Phi) is 10.6. The summed E-state index contributed by atoms with van der Waals surface area (Å²) in [5.41, 5.74) is 1.88. The molecule has 1 fully saturated rings. The lowest BCUT2D eigenvalue weighted by molar-refractivity contribution is -0.135. The molecule has 0 radical (unpaired) electrons. The number of nitrogens with zero attached hydrogens (tertiary/aromatic N) is 3. The summed E-state index contributed by atoms with van der Waals surface area (Å²) in [5.74, 6) is -1.30. The first-order valence-corrected chi connectivity index (χ1v) is 14.9. The lowest BCUT2D eigenvalue weighted by Crippen LogP contribution is -2.56. The van der Waals surface area contributed by atoms with Gasteiger partial charge in [-0.3, -0.25) is 9.59 Å². The maximum absolute atomic E-state index is 13.8. The number of pyridine rings is 1. The van der Waals surface area contributed by atoms with Crippen molar-refractivity contribution >= 4 is 35.5 Å².